The van der Waals surface area contributed by atoms with Crippen molar-refractivity contribution in [2.75, 3.05) is 11.7 Å². The van der Waals surface area contributed by atoms with Gasteiger partial charge in [-0.25, -0.2) is 18.9 Å². The molecule has 0 spiro atoms. The Balaban J connectivity index is 1.68. The number of aromatic nitrogens is 2. The molecule has 1 unspecified atom stereocenters. The van der Waals surface area contributed by atoms with Crippen LogP contribution in [0.15, 0.2) is 40.1 Å². The molecule has 1 aliphatic heterocycles. The van der Waals surface area contributed by atoms with Crippen molar-refractivity contribution in [1.82, 2.24) is 9.55 Å². The maximum Gasteiger partial charge on any atom is 0.430 e. The number of aromatic amines is 1. The minimum atomic E-state index is -4.64. The lowest BCUT2D eigenvalue weighted by Gasteiger charge is -2.19. The van der Waals surface area contributed by atoms with Gasteiger partial charge < -0.3 is 24.9 Å². The Morgan fingerprint density at radius 1 is 1.22 bits per heavy atom. The number of nitrogens with zero attached hydrogens (tertiary/aromatic N) is 1. The topological polar surface area (TPSA) is 217 Å². The third kappa shape index (κ3) is 5.49. The van der Waals surface area contributed by atoms with Crippen molar-refractivity contribution in [3.05, 3.63) is 62.4 Å². The molecule has 1 aromatic carbocycles. The summed E-state index contributed by atoms with van der Waals surface area (Å²) >= 11 is 0. The zero-order valence-corrected chi connectivity index (χ0v) is 17.0. The van der Waals surface area contributed by atoms with Crippen LogP contribution in [0.4, 0.5) is 5.69 Å². The number of carboxylic acid groups (broad SMARTS) is 2. The number of benzene rings is 1. The van der Waals surface area contributed by atoms with Crippen LogP contribution in [0.1, 0.15) is 33.4 Å². The van der Waals surface area contributed by atoms with Gasteiger partial charge in [-0.05, 0) is 18.2 Å². The zero-order chi connectivity index (χ0) is 23.6. The molecule has 1 saturated heterocycles. The first-order valence-electron chi connectivity index (χ1n) is 8.97. The van der Waals surface area contributed by atoms with Crippen LogP contribution in [-0.2, 0) is 13.8 Å². The van der Waals surface area contributed by atoms with Crippen molar-refractivity contribution in [2.45, 2.75) is 24.9 Å². The van der Waals surface area contributed by atoms with Crippen molar-refractivity contribution >= 4 is 25.4 Å². The summed E-state index contributed by atoms with van der Waals surface area (Å²) in [6.07, 6.45) is -2.13. The van der Waals surface area contributed by atoms with Crippen molar-refractivity contribution in [3.63, 3.8) is 0 Å². The molecule has 0 aliphatic carbocycles. The molecule has 2 heterocycles. The van der Waals surface area contributed by atoms with Crippen LogP contribution in [-0.4, -0.2) is 60.5 Å². The van der Waals surface area contributed by atoms with Crippen molar-refractivity contribution in [2.24, 2.45) is 0 Å². The van der Waals surface area contributed by atoms with Gasteiger partial charge in [0.15, 0.2) is 0 Å². The van der Waals surface area contributed by atoms with E-state index in [1.165, 1.54) is 6.20 Å². The van der Waals surface area contributed by atoms with Gasteiger partial charge in [0.05, 0.1) is 23.8 Å². The fourth-order valence-electron chi connectivity index (χ4n) is 3.00. The van der Waals surface area contributed by atoms with E-state index >= 15 is 0 Å². The number of anilines is 1. The predicted molar refractivity (Wildman–Crippen MR) is 106 cm³/mol. The van der Waals surface area contributed by atoms with Crippen molar-refractivity contribution in [1.29, 1.82) is 0 Å². The Hall–Kier alpha value is -3.29. The lowest BCUT2D eigenvalue weighted by molar-refractivity contribution is -0.0422. The second-order valence-electron chi connectivity index (χ2n) is 6.79. The molecule has 14 nitrogen and oxygen atoms in total. The number of ether oxygens (including phenoxy) is 1. The third-order valence-electron chi connectivity index (χ3n) is 4.48. The minimum Gasteiger partial charge on any atom is -0.478 e. The Kier molecular flexibility index (Phi) is 6.62. The number of carbonyl (C=O) groups is 2. The first-order chi connectivity index (χ1) is 14.9. The first-order valence-corrected chi connectivity index (χ1v) is 10.6. The standard InChI is InChI=1S/C17H18N3O11P/c21-11-6-14(20-2-1-13(22)18-17(20)27)31-12(11)7-30-32(28,29)19-10-4-8(15(23)24)3-9(5-10)16(25)26/h1-5,11-12,14,21H,6-7H2,(H,23,24)(H,25,26)(H,18,22,27)(H2,19,28,29)/t11-,12+,14+/m0/s1. The molecule has 0 amide bonds. The van der Waals surface area contributed by atoms with Crippen LogP contribution in [0.5, 0.6) is 0 Å². The SMILES string of the molecule is O=C(O)c1cc(NP(=O)(O)OC[C@H]2O[C@@H](n3ccc(=O)[nH]c3=O)C[C@@H]2O)cc(C(=O)O)c1. The third-order valence-corrected chi connectivity index (χ3v) is 5.52. The molecular formula is C17H18N3O11P. The molecule has 32 heavy (non-hydrogen) atoms. The number of nitrogens with one attached hydrogen (secondary N) is 2. The molecule has 1 aromatic heterocycles. The van der Waals surface area contributed by atoms with Gasteiger partial charge in [-0.1, -0.05) is 0 Å². The summed E-state index contributed by atoms with van der Waals surface area (Å²) in [6, 6.07) is 3.85. The molecule has 0 radical (unpaired) electrons. The van der Waals surface area contributed by atoms with Gasteiger partial charge in [0.2, 0.25) is 0 Å². The molecule has 2 aromatic rings. The fourth-order valence-corrected chi connectivity index (χ4v) is 3.87. The molecule has 3 rings (SSSR count). The maximum absolute atomic E-state index is 12.3. The molecule has 1 fully saturated rings. The number of hydrogen-bond acceptors (Lipinski definition) is 8. The number of carboxylic acids is 2. The number of aliphatic hydroxyl groups excluding tert-OH is 1. The Labute approximate surface area is 178 Å². The van der Waals surface area contributed by atoms with Crippen LogP contribution in [0.25, 0.3) is 0 Å². The lowest BCUT2D eigenvalue weighted by Crippen LogP contribution is -2.31. The second kappa shape index (κ2) is 9.06. The van der Waals surface area contributed by atoms with Crippen LogP contribution < -0.4 is 16.3 Å². The number of aromatic carboxylic acids is 2. The average Bonchev–Trinajstić information content (AvgIpc) is 3.06. The average molecular weight is 471 g/mol. The van der Waals surface area contributed by atoms with E-state index in [2.05, 4.69) is 0 Å². The second-order valence-corrected chi connectivity index (χ2v) is 8.31. The highest BCUT2D eigenvalue weighted by atomic mass is 31.2. The Morgan fingerprint density at radius 3 is 2.41 bits per heavy atom. The summed E-state index contributed by atoms with van der Waals surface area (Å²) in [5.74, 6) is -2.90. The van der Waals surface area contributed by atoms with Gasteiger partial charge in [-0.2, -0.15) is 0 Å². The molecule has 1 aliphatic rings. The first kappa shape index (κ1) is 23.4. The van der Waals surface area contributed by atoms with E-state index in [4.69, 9.17) is 19.5 Å². The predicted octanol–water partition coefficient (Wildman–Crippen LogP) is -0.190. The van der Waals surface area contributed by atoms with Gasteiger partial charge in [-0.3, -0.25) is 24.0 Å². The monoisotopic (exact) mass is 471 g/mol. The van der Waals surface area contributed by atoms with Crippen molar-refractivity contribution < 1.29 is 43.6 Å². The van der Waals surface area contributed by atoms with Crippen LogP contribution in [0, 0.1) is 0 Å². The molecule has 6 N–H and O–H groups in total. The van der Waals surface area contributed by atoms with E-state index in [0.717, 1.165) is 28.8 Å². The normalized spacial score (nSPS) is 22.2. The molecule has 0 saturated carbocycles. The quantitative estimate of drug-likeness (QED) is 0.276. The Bertz CT molecular complexity index is 1170. The molecule has 0 bridgehead atoms. The molecule has 172 valence electrons. The summed E-state index contributed by atoms with van der Waals surface area (Å²) in [6.45, 7) is -0.596. The maximum atomic E-state index is 12.3. The van der Waals surface area contributed by atoms with Crippen LogP contribution in [0.2, 0.25) is 0 Å². The van der Waals surface area contributed by atoms with Gasteiger partial charge in [0.1, 0.15) is 12.3 Å². The van der Waals surface area contributed by atoms with E-state index in [-0.39, 0.29) is 12.1 Å². The highest BCUT2D eigenvalue weighted by Gasteiger charge is 2.37. The fraction of sp³-hybridized carbons (Fsp3) is 0.294. The van der Waals surface area contributed by atoms with E-state index in [0.29, 0.717) is 0 Å². The molecule has 4 atom stereocenters. The van der Waals surface area contributed by atoms with E-state index in [9.17, 15) is 33.7 Å². The molecular weight excluding hydrogens is 453 g/mol. The van der Waals surface area contributed by atoms with E-state index in [1.807, 2.05) is 10.1 Å². The summed E-state index contributed by atoms with van der Waals surface area (Å²) in [4.78, 5) is 57.4. The number of rotatable bonds is 8. The molecule has 15 heteroatoms. The highest BCUT2D eigenvalue weighted by molar-refractivity contribution is 7.54. The lowest BCUT2D eigenvalue weighted by atomic mass is 10.1. The van der Waals surface area contributed by atoms with Gasteiger partial charge in [0.25, 0.3) is 5.56 Å². The van der Waals surface area contributed by atoms with Gasteiger partial charge in [0, 0.05) is 24.4 Å². The van der Waals surface area contributed by atoms with Crippen LogP contribution in [0.3, 0.4) is 0 Å². The highest BCUT2D eigenvalue weighted by Crippen LogP contribution is 2.43. The zero-order valence-electron chi connectivity index (χ0n) is 16.1. The van der Waals surface area contributed by atoms with Crippen molar-refractivity contribution in [3.8, 4) is 0 Å². The summed E-state index contributed by atoms with van der Waals surface area (Å²) < 4.78 is 23.8. The van der Waals surface area contributed by atoms with E-state index in [1.54, 1.807) is 0 Å². The summed E-state index contributed by atoms with van der Waals surface area (Å²) in [5.41, 5.74) is -2.54. The number of H-pyrrole nitrogens is 1. The van der Waals surface area contributed by atoms with Gasteiger partial charge in [-0.15, -0.1) is 0 Å². The smallest absolute Gasteiger partial charge is 0.430 e. The summed E-state index contributed by atoms with van der Waals surface area (Å²) in [7, 11) is -4.64. The summed E-state index contributed by atoms with van der Waals surface area (Å²) in [5, 5.41) is 30.3. The van der Waals surface area contributed by atoms with E-state index < -0.39 is 67.1 Å². The van der Waals surface area contributed by atoms with Crippen LogP contribution >= 0.6 is 7.75 Å². The van der Waals surface area contributed by atoms with Gasteiger partial charge >= 0.3 is 25.4 Å². The number of hydrogen-bond donors (Lipinski definition) is 6. The largest absolute Gasteiger partial charge is 0.478 e. The Morgan fingerprint density at radius 2 is 1.84 bits per heavy atom. The number of aliphatic hydroxyl groups is 1. The minimum absolute atomic E-state index is 0.0637.